The van der Waals surface area contributed by atoms with E-state index in [2.05, 4.69) is 24.7 Å². The minimum atomic E-state index is -3.78. The van der Waals surface area contributed by atoms with Crippen LogP contribution in [0.15, 0.2) is 53.7 Å². The van der Waals surface area contributed by atoms with Crippen molar-refractivity contribution in [3.05, 3.63) is 59.5 Å². The number of halogens is 1. The Morgan fingerprint density at radius 1 is 1.15 bits per heavy atom. The molecule has 7 nitrogen and oxygen atoms in total. The number of hydrogen-bond acceptors (Lipinski definition) is 4. The first-order chi connectivity index (χ1) is 12.4. The molecule has 0 saturated carbocycles. The molecule has 2 aromatic heterocycles. The number of benzene rings is 2. The lowest BCUT2D eigenvalue weighted by atomic mass is 10.3. The van der Waals surface area contributed by atoms with Gasteiger partial charge in [-0.3, -0.25) is 4.72 Å². The number of aromatic amines is 2. The number of imidazole rings is 2. The molecule has 4 aromatic rings. The molecule has 0 aliphatic rings. The normalized spacial score (nSPS) is 11.8. The maximum absolute atomic E-state index is 12.7. The van der Waals surface area contributed by atoms with Gasteiger partial charge in [0, 0.05) is 5.69 Å². The van der Waals surface area contributed by atoms with Gasteiger partial charge in [0.2, 0.25) is 0 Å². The Balaban J connectivity index is 1.73. The number of para-hydroxylation sites is 1. The maximum atomic E-state index is 12.7. The van der Waals surface area contributed by atoms with Crippen LogP contribution in [0.4, 0.5) is 5.69 Å². The van der Waals surface area contributed by atoms with Crippen molar-refractivity contribution in [2.45, 2.75) is 11.8 Å². The fourth-order valence-electron chi connectivity index (χ4n) is 2.61. The van der Waals surface area contributed by atoms with Crippen molar-refractivity contribution in [3.8, 4) is 11.5 Å². The Kier molecular flexibility index (Phi) is 3.93. The first kappa shape index (κ1) is 16.6. The maximum Gasteiger partial charge on any atom is 0.262 e. The summed E-state index contributed by atoms with van der Waals surface area (Å²) >= 11 is 6.03. The van der Waals surface area contributed by atoms with Gasteiger partial charge in [-0.25, -0.2) is 18.4 Å². The predicted octanol–water partition coefficient (Wildman–Crippen LogP) is 3.72. The number of rotatable bonds is 4. The third-order valence-electron chi connectivity index (χ3n) is 3.94. The van der Waals surface area contributed by atoms with Gasteiger partial charge in [0.05, 0.1) is 33.0 Å². The van der Waals surface area contributed by atoms with Crippen LogP contribution >= 0.6 is 11.6 Å². The molecular weight excluding hydrogens is 374 g/mol. The van der Waals surface area contributed by atoms with Gasteiger partial charge in [-0.2, -0.15) is 0 Å². The molecule has 0 atom stereocenters. The fourth-order valence-corrected chi connectivity index (χ4v) is 3.96. The van der Waals surface area contributed by atoms with Gasteiger partial charge in [-0.05, 0) is 37.3 Å². The molecule has 0 saturated heterocycles. The van der Waals surface area contributed by atoms with E-state index in [0.29, 0.717) is 33.3 Å². The van der Waals surface area contributed by atoms with Crippen molar-refractivity contribution >= 4 is 38.3 Å². The third kappa shape index (κ3) is 2.93. The Hall–Kier alpha value is -2.84. The molecule has 0 aliphatic carbocycles. The summed E-state index contributed by atoms with van der Waals surface area (Å²) < 4.78 is 27.8. The van der Waals surface area contributed by atoms with Crippen LogP contribution in [0.5, 0.6) is 0 Å². The second kappa shape index (κ2) is 6.15. The van der Waals surface area contributed by atoms with Gasteiger partial charge >= 0.3 is 0 Å². The van der Waals surface area contributed by atoms with Gasteiger partial charge in [-0.1, -0.05) is 23.7 Å². The summed E-state index contributed by atoms with van der Waals surface area (Å²) in [6.07, 6.45) is 1.58. The van der Waals surface area contributed by atoms with Crippen molar-refractivity contribution in [1.29, 1.82) is 0 Å². The topological polar surface area (TPSA) is 104 Å². The number of nitrogens with zero attached hydrogens (tertiary/aromatic N) is 2. The number of fused-ring (bicyclic) bond motifs is 1. The molecule has 3 N–H and O–H groups in total. The number of H-pyrrole nitrogens is 2. The molecular formula is C17H14ClN5O2S. The van der Waals surface area contributed by atoms with Crippen molar-refractivity contribution in [3.63, 3.8) is 0 Å². The highest BCUT2D eigenvalue weighted by Gasteiger charge is 2.18. The highest BCUT2D eigenvalue weighted by molar-refractivity contribution is 7.92. The zero-order chi connectivity index (χ0) is 18.3. The molecule has 9 heteroatoms. The summed E-state index contributed by atoms with van der Waals surface area (Å²) in [6.45, 7) is 1.89. The van der Waals surface area contributed by atoms with Crippen LogP contribution in [0.2, 0.25) is 5.02 Å². The van der Waals surface area contributed by atoms with Gasteiger partial charge < -0.3 is 9.97 Å². The average molecular weight is 388 g/mol. The largest absolute Gasteiger partial charge is 0.348 e. The highest BCUT2D eigenvalue weighted by Crippen LogP contribution is 2.26. The first-order valence-electron chi connectivity index (χ1n) is 7.71. The smallest absolute Gasteiger partial charge is 0.262 e. The van der Waals surface area contributed by atoms with E-state index in [1.165, 1.54) is 12.1 Å². The van der Waals surface area contributed by atoms with Crippen molar-refractivity contribution in [2.75, 3.05) is 4.72 Å². The lowest BCUT2D eigenvalue weighted by Crippen LogP contribution is -2.13. The summed E-state index contributed by atoms with van der Waals surface area (Å²) in [5.41, 5.74) is 3.15. The van der Waals surface area contributed by atoms with Crippen molar-refractivity contribution in [2.24, 2.45) is 0 Å². The van der Waals surface area contributed by atoms with Crippen LogP contribution in [0.25, 0.3) is 22.6 Å². The Bertz CT molecular complexity index is 1210. The zero-order valence-electron chi connectivity index (χ0n) is 13.6. The minimum Gasteiger partial charge on any atom is -0.348 e. The predicted molar refractivity (Wildman–Crippen MR) is 101 cm³/mol. The summed E-state index contributed by atoms with van der Waals surface area (Å²) in [4.78, 5) is 14.9. The van der Waals surface area contributed by atoms with Gasteiger partial charge in [0.15, 0.2) is 5.82 Å². The average Bonchev–Trinajstić information content (AvgIpc) is 3.21. The van der Waals surface area contributed by atoms with Gasteiger partial charge in [0.1, 0.15) is 5.69 Å². The first-order valence-corrected chi connectivity index (χ1v) is 9.57. The van der Waals surface area contributed by atoms with Crippen LogP contribution in [0.1, 0.15) is 5.69 Å². The molecule has 4 rings (SSSR count). The quantitative estimate of drug-likeness (QED) is 0.496. The van der Waals surface area contributed by atoms with Crippen LogP contribution in [0.3, 0.4) is 0 Å². The molecule has 0 radical (unpaired) electrons. The SMILES string of the molecule is Cc1[nH]cnc1-c1nc2ccc(S(=O)(=O)Nc3ccccc3Cl)cc2[nH]1. The molecule has 0 bridgehead atoms. The fraction of sp³-hybridized carbons (Fsp3) is 0.0588. The van der Waals surface area contributed by atoms with E-state index < -0.39 is 10.0 Å². The molecule has 2 aromatic carbocycles. The second-order valence-electron chi connectivity index (χ2n) is 5.73. The molecule has 26 heavy (non-hydrogen) atoms. The summed E-state index contributed by atoms with van der Waals surface area (Å²) in [5, 5.41) is 0.329. The lowest BCUT2D eigenvalue weighted by molar-refractivity contribution is 0.601. The van der Waals surface area contributed by atoms with Crippen LogP contribution in [0, 0.1) is 6.92 Å². The van der Waals surface area contributed by atoms with E-state index in [1.54, 1.807) is 36.7 Å². The number of aromatic nitrogens is 4. The van der Waals surface area contributed by atoms with E-state index in [1.807, 2.05) is 6.92 Å². The standard InChI is InChI=1S/C17H14ClN5O2S/c1-10-16(20-9-19-10)17-21-14-7-6-11(8-15(14)22-17)26(24,25)23-13-5-3-2-4-12(13)18/h2-9,23H,1H3,(H,19,20)(H,21,22). The lowest BCUT2D eigenvalue weighted by Gasteiger charge is -2.09. The highest BCUT2D eigenvalue weighted by atomic mass is 35.5. The van der Waals surface area contributed by atoms with E-state index in [4.69, 9.17) is 11.6 Å². The minimum absolute atomic E-state index is 0.110. The van der Waals surface area contributed by atoms with Crippen LogP contribution in [-0.4, -0.2) is 28.4 Å². The summed E-state index contributed by atoms with van der Waals surface area (Å²) in [6, 6.07) is 11.4. The number of nitrogens with one attached hydrogen (secondary N) is 3. The number of aryl methyl sites for hydroxylation is 1. The Morgan fingerprint density at radius 3 is 2.69 bits per heavy atom. The van der Waals surface area contributed by atoms with E-state index in [0.717, 1.165) is 5.69 Å². The number of sulfonamides is 1. The van der Waals surface area contributed by atoms with Crippen molar-refractivity contribution < 1.29 is 8.42 Å². The zero-order valence-corrected chi connectivity index (χ0v) is 15.2. The van der Waals surface area contributed by atoms with Gasteiger partial charge in [-0.15, -0.1) is 0 Å². The monoisotopic (exact) mass is 387 g/mol. The van der Waals surface area contributed by atoms with Crippen molar-refractivity contribution in [1.82, 2.24) is 19.9 Å². The Labute approximate surface area is 154 Å². The van der Waals surface area contributed by atoms with E-state index >= 15 is 0 Å². The molecule has 0 spiro atoms. The molecule has 132 valence electrons. The van der Waals surface area contributed by atoms with Gasteiger partial charge in [0.25, 0.3) is 10.0 Å². The third-order valence-corrected chi connectivity index (χ3v) is 5.63. The molecule has 0 amide bonds. The summed E-state index contributed by atoms with van der Waals surface area (Å²) in [5.74, 6) is 0.576. The molecule has 0 aliphatic heterocycles. The molecule has 2 heterocycles. The summed E-state index contributed by atoms with van der Waals surface area (Å²) in [7, 11) is -3.78. The molecule has 0 unspecified atom stereocenters. The molecule has 0 fully saturated rings. The van der Waals surface area contributed by atoms with Crippen LogP contribution in [-0.2, 0) is 10.0 Å². The number of anilines is 1. The Morgan fingerprint density at radius 2 is 1.96 bits per heavy atom. The number of hydrogen-bond donors (Lipinski definition) is 3. The second-order valence-corrected chi connectivity index (χ2v) is 7.82. The van der Waals surface area contributed by atoms with Crippen LogP contribution < -0.4 is 4.72 Å². The van der Waals surface area contributed by atoms with E-state index in [9.17, 15) is 8.42 Å². The van der Waals surface area contributed by atoms with E-state index in [-0.39, 0.29) is 4.90 Å².